The van der Waals surface area contributed by atoms with E-state index in [9.17, 15) is 4.79 Å². The lowest BCUT2D eigenvalue weighted by Gasteiger charge is -2.42. The van der Waals surface area contributed by atoms with Crippen LogP contribution in [0.4, 0.5) is 4.79 Å². The van der Waals surface area contributed by atoms with Gasteiger partial charge in [0.2, 0.25) is 0 Å². The summed E-state index contributed by atoms with van der Waals surface area (Å²) in [5, 5.41) is 0. The summed E-state index contributed by atoms with van der Waals surface area (Å²) < 4.78 is 0. The Morgan fingerprint density at radius 1 is 1.21 bits per heavy atom. The van der Waals surface area contributed by atoms with E-state index in [1.807, 2.05) is 9.80 Å². The summed E-state index contributed by atoms with van der Waals surface area (Å²) in [5.41, 5.74) is 5.89. The molecule has 4 nitrogen and oxygen atoms in total. The first-order valence-corrected chi connectivity index (χ1v) is 7.91. The fraction of sp³-hybridized carbons (Fsp3) is 0.933. The zero-order chi connectivity index (χ0) is 13.8. The molecule has 0 spiro atoms. The molecule has 0 radical (unpaired) electrons. The maximum Gasteiger partial charge on any atom is 0.320 e. The molecule has 2 atom stereocenters. The van der Waals surface area contributed by atoms with Gasteiger partial charge in [-0.15, -0.1) is 0 Å². The Kier molecular flexibility index (Phi) is 5.08. The molecule has 2 heterocycles. The Morgan fingerprint density at radius 2 is 1.89 bits per heavy atom. The summed E-state index contributed by atoms with van der Waals surface area (Å²) in [7, 11) is 0. The van der Waals surface area contributed by atoms with Crippen molar-refractivity contribution in [2.75, 3.05) is 26.2 Å². The molecule has 2 aliphatic heterocycles. The van der Waals surface area contributed by atoms with Crippen LogP contribution in [0.2, 0.25) is 0 Å². The maximum absolute atomic E-state index is 12.6. The van der Waals surface area contributed by atoms with E-state index in [1.165, 1.54) is 6.42 Å². The minimum Gasteiger partial charge on any atom is -0.328 e. The van der Waals surface area contributed by atoms with E-state index >= 15 is 0 Å². The molecule has 0 aliphatic carbocycles. The second-order valence-electron chi connectivity index (χ2n) is 6.33. The number of hydrogen-bond donors (Lipinski definition) is 1. The van der Waals surface area contributed by atoms with Gasteiger partial charge >= 0.3 is 6.03 Å². The molecular formula is C15H29N3O. The number of carbonyl (C=O) groups excluding carboxylic acids is 1. The number of urea groups is 1. The first kappa shape index (κ1) is 14.6. The van der Waals surface area contributed by atoms with Gasteiger partial charge in [0.05, 0.1) is 0 Å². The number of nitrogens with zero attached hydrogens (tertiary/aromatic N) is 2. The van der Waals surface area contributed by atoms with Crippen LogP contribution < -0.4 is 5.73 Å². The summed E-state index contributed by atoms with van der Waals surface area (Å²) >= 11 is 0. The molecule has 110 valence electrons. The van der Waals surface area contributed by atoms with Crippen LogP contribution in [0.15, 0.2) is 0 Å². The van der Waals surface area contributed by atoms with Crippen molar-refractivity contribution in [1.29, 1.82) is 0 Å². The van der Waals surface area contributed by atoms with Crippen molar-refractivity contribution in [3.05, 3.63) is 0 Å². The fourth-order valence-electron chi connectivity index (χ4n) is 3.36. The molecule has 2 aliphatic rings. The van der Waals surface area contributed by atoms with Gasteiger partial charge < -0.3 is 15.5 Å². The van der Waals surface area contributed by atoms with E-state index < -0.39 is 0 Å². The van der Waals surface area contributed by atoms with E-state index in [0.717, 1.165) is 57.2 Å². The van der Waals surface area contributed by atoms with Gasteiger partial charge in [0.15, 0.2) is 0 Å². The van der Waals surface area contributed by atoms with E-state index in [-0.39, 0.29) is 12.1 Å². The molecule has 0 aromatic heterocycles. The molecule has 0 bridgehead atoms. The number of hydrogen-bond acceptors (Lipinski definition) is 2. The molecule has 0 aromatic carbocycles. The molecule has 2 unspecified atom stereocenters. The summed E-state index contributed by atoms with van der Waals surface area (Å²) in [4.78, 5) is 16.7. The van der Waals surface area contributed by atoms with Crippen molar-refractivity contribution in [2.24, 2.45) is 17.6 Å². The zero-order valence-electron chi connectivity index (χ0n) is 12.5. The van der Waals surface area contributed by atoms with Gasteiger partial charge in [-0.2, -0.15) is 0 Å². The molecule has 2 fully saturated rings. The molecule has 0 aromatic rings. The highest BCUT2D eigenvalue weighted by atomic mass is 16.2. The van der Waals surface area contributed by atoms with Crippen LogP contribution in [0.25, 0.3) is 0 Å². The van der Waals surface area contributed by atoms with Crippen molar-refractivity contribution in [3.8, 4) is 0 Å². The Balaban J connectivity index is 1.94. The Bertz CT molecular complexity index is 300. The van der Waals surface area contributed by atoms with Gasteiger partial charge in [0, 0.05) is 32.2 Å². The number of rotatable bonds is 2. The number of carbonyl (C=O) groups is 1. The second kappa shape index (κ2) is 6.60. The van der Waals surface area contributed by atoms with Crippen molar-refractivity contribution >= 4 is 6.03 Å². The van der Waals surface area contributed by atoms with Gasteiger partial charge in [-0.3, -0.25) is 0 Å². The topological polar surface area (TPSA) is 49.6 Å². The van der Waals surface area contributed by atoms with Crippen molar-refractivity contribution in [2.45, 2.75) is 52.0 Å². The highest BCUT2D eigenvalue weighted by molar-refractivity contribution is 5.75. The monoisotopic (exact) mass is 267 g/mol. The zero-order valence-corrected chi connectivity index (χ0v) is 12.5. The van der Waals surface area contributed by atoms with Crippen LogP contribution in [0.5, 0.6) is 0 Å². The quantitative estimate of drug-likeness (QED) is 0.834. The third-order valence-corrected chi connectivity index (χ3v) is 4.97. The van der Waals surface area contributed by atoms with Crippen molar-refractivity contribution in [1.82, 2.24) is 9.80 Å². The number of nitrogens with two attached hydrogens (primary N) is 1. The van der Waals surface area contributed by atoms with Crippen LogP contribution >= 0.6 is 0 Å². The normalized spacial score (nSPS) is 29.6. The second-order valence-corrected chi connectivity index (χ2v) is 6.33. The Labute approximate surface area is 117 Å². The van der Waals surface area contributed by atoms with Gasteiger partial charge in [0.25, 0.3) is 0 Å². The molecule has 2 rings (SSSR count). The third-order valence-electron chi connectivity index (χ3n) is 4.97. The van der Waals surface area contributed by atoms with E-state index in [4.69, 9.17) is 5.73 Å². The number of amides is 2. The van der Waals surface area contributed by atoms with Crippen LogP contribution in [0, 0.1) is 11.8 Å². The first-order valence-electron chi connectivity index (χ1n) is 7.91. The van der Waals surface area contributed by atoms with Crippen molar-refractivity contribution < 1.29 is 4.79 Å². The summed E-state index contributed by atoms with van der Waals surface area (Å²) in [5.74, 6) is 1.51. The smallest absolute Gasteiger partial charge is 0.320 e. The summed E-state index contributed by atoms with van der Waals surface area (Å²) in [6.07, 6.45) is 5.72. The lowest BCUT2D eigenvalue weighted by molar-refractivity contribution is 0.0897. The lowest BCUT2D eigenvalue weighted by atomic mass is 9.89. The standard InChI is InChI=1S/C15H29N3O/c1-3-13-6-9-18(14(10-13)11-16)15(19)17-7-4-12(2)5-8-17/h12-14H,3-11,16H2,1-2H3. The van der Waals surface area contributed by atoms with E-state index in [2.05, 4.69) is 13.8 Å². The summed E-state index contributed by atoms with van der Waals surface area (Å²) in [6.45, 7) is 7.85. The summed E-state index contributed by atoms with van der Waals surface area (Å²) in [6, 6.07) is 0.488. The average molecular weight is 267 g/mol. The highest BCUT2D eigenvalue weighted by Crippen LogP contribution is 2.27. The van der Waals surface area contributed by atoms with E-state index in [1.54, 1.807) is 0 Å². The fourth-order valence-corrected chi connectivity index (χ4v) is 3.36. The minimum absolute atomic E-state index is 0.233. The molecule has 2 saturated heterocycles. The van der Waals surface area contributed by atoms with Crippen LogP contribution in [-0.2, 0) is 0 Å². The molecule has 19 heavy (non-hydrogen) atoms. The molecule has 0 saturated carbocycles. The molecular weight excluding hydrogens is 238 g/mol. The maximum atomic E-state index is 12.6. The average Bonchev–Trinajstić information content (AvgIpc) is 2.46. The Hall–Kier alpha value is -0.770. The molecule has 2 N–H and O–H groups in total. The predicted molar refractivity (Wildman–Crippen MR) is 77.9 cm³/mol. The molecule has 2 amide bonds. The Morgan fingerprint density at radius 3 is 2.47 bits per heavy atom. The minimum atomic E-state index is 0.233. The van der Waals surface area contributed by atoms with Gasteiger partial charge in [0.1, 0.15) is 0 Å². The first-order chi connectivity index (χ1) is 9.15. The highest BCUT2D eigenvalue weighted by Gasteiger charge is 2.33. The largest absolute Gasteiger partial charge is 0.328 e. The van der Waals surface area contributed by atoms with E-state index in [0.29, 0.717) is 6.54 Å². The van der Waals surface area contributed by atoms with Crippen LogP contribution in [0.3, 0.4) is 0 Å². The third kappa shape index (κ3) is 3.41. The van der Waals surface area contributed by atoms with Crippen molar-refractivity contribution in [3.63, 3.8) is 0 Å². The van der Waals surface area contributed by atoms with Gasteiger partial charge in [-0.05, 0) is 37.5 Å². The number of likely N-dealkylation sites (tertiary alicyclic amines) is 2. The van der Waals surface area contributed by atoms with Gasteiger partial charge in [-0.1, -0.05) is 20.3 Å². The van der Waals surface area contributed by atoms with Gasteiger partial charge in [-0.25, -0.2) is 4.79 Å². The number of piperidine rings is 2. The van der Waals surface area contributed by atoms with Crippen LogP contribution in [0.1, 0.15) is 46.0 Å². The van der Waals surface area contributed by atoms with Crippen LogP contribution in [-0.4, -0.2) is 48.1 Å². The molecule has 4 heteroatoms. The predicted octanol–water partition coefficient (Wildman–Crippen LogP) is 2.29. The lowest BCUT2D eigenvalue weighted by Crippen LogP contribution is -2.55. The SMILES string of the molecule is CCC1CCN(C(=O)N2CCC(C)CC2)C(CN)C1.